The summed E-state index contributed by atoms with van der Waals surface area (Å²) in [4.78, 5) is 14.2. The van der Waals surface area contributed by atoms with Crippen molar-refractivity contribution in [1.82, 2.24) is 4.90 Å². The smallest absolute Gasteiger partial charge is 0.265 e. The third-order valence-corrected chi connectivity index (χ3v) is 3.98. The maximum atomic E-state index is 12.4. The number of amides is 1. The van der Waals surface area contributed by atoms with E-state index < -0.39 is 0 Å². The van der Waals surface area contributed by atoms with Crippen LogP contribution in [-0.2, 0) is 0 Å². The van der Waals surface area contributed by atoms with E-state index in [1.807, 2.05) is 17.0 Å². The van der Waals surface area contributed by atoms with Crippen molar-refractivity contribution < 1.29 is 14.3 Å². The first-order valence-electron chi connectivity index (χ1n) is 8.32. The fraction of sp³-hybridized carbons (Fsp3) is 0.143. The number of ether oxygens (including phenoxy) is 2. The zero-order chi connectivity index (χ0) is 19.6. The van der Waals surface area contributed by atoms with Crippen molar-refractivity contribution in [3.05, 3.63) is 79.4 Å². The van der Waals surface area contributed by atoms with Crippen molar-refractivity contribution in [3.8, 4) is 11.5 Å². The zero-order valence-electron chi connectivity index (χ0n) is 15.2. The van der Waals surface area contributed by atoms with Gasteiger partial charge in [-0.05, 0) is 48.6 Å². The standard InChI is InChI=1S/C21H22N2O3S/c1-4-14-23(15-5-2)21(27)26-17-12-10-16(11-13-17)20(24)22-18-8-6-7-9-19(18)25-3/h4-13H,1-2,14-15H2,3H3,(H,22,24). The number of nitrogens with one attached hydrogen (secondary N) is 1. The number of hydrogen-bond donors (Lipinski definition) is 1. The van der Waals surface area contributed by atoms with Gasteiger partial charge in [0.15, 0.2) is 0 Å². The normalized spacial score (nSPS) is 9.81. The van der Waals surface area contributed by atoms with Crippen LogP contribution in [0.3, 0.4) is 0 Å². The minimum atomic E-state index is -0.242. The molecule has 0 bridgehead atoms. The van der Waals surface area contributed by atoms with Crippen molar-refractivity contribution in [2.24, 2.45) is 0 Å². The summed E-state index contributed by atoms with van der Waals surface area (Å²) in [5.74, 6) is 0.904. The lowest BCUT2D eigenvalue weighted by molar-refractivity contribution is 0.102. The Kier molecular flexibility index (Phi) is 7.58. The quantitative estimate of drug-likeness (QED) is 0.545. The van der Waals surface area contributed by atoms with Crippen molar-refractivity contribution in [2.75, 3.05) is 25.5 Å². The third-order valence-electron chi connectivity index (χ3n) is 3.63. The molecule has 1 N–H and O–H groups in total. The first-order valence-corrected chi connectivity index (χ1v) is 8.72. The predicted molar refractivity (Wildman–Crippen MR) is 113 cm³/mol. The summed E-state index contributed by atoms with van der Waals surface area (Å²) >= 11 is 5.30. The van der Waals surface area contributed by atoms with Gasteiger partial charge in [-0.1, -0.05) is 24.3 Å². The molecule has 0 spiro atoms. The molecule has 0 unspecified atom stereocenters. The monoisotopic (exact) mass is 382 g/mol. The lowest BCUT2D eigenvalue weighted by Gasteiger charge is -2.21. The molecule has 2 rings (SSSR count). The number of rotatable bonds is 8. The Labute approximate surface area is 164 Å². The Bertz CT molecular complexity index is 808. The third kappa shape index (κ3) is 5.69. The molecule has 0 aliphatic rings. The van der Waals surface area contributed by atoms with Crippen LogP contribution in [0.15, 0.2) is 73.8 Å². The summed E-state index contributed by atoms with van der Waals surface area (Å²) in [6.07, 6.45) is 3.48. The molecule has 0 radical (unpaired) electrons. The molecule has 0 atom stereocenters. The highest BCUT2D eigenvalue weighted by molar-refractivity contribution is 7.80. The SMILES string of the molecule is C=CCN(CC=C)C(=S)Oc1ccc(C(=O)Nc2ccccc2OC)cc1. The molecule has 6 heteroatoms. The summed E-state index contributed by atoms with van der Waals surface area (Å²) in [6.45, 7) is 8.53. The van der Waals surface area contributed by atoms with Gasteiger partial charge in [0, 0.05) is 18.7 Å². The van der Waals surface area contributed by atoms with Gasteiger partial charge in [-0.25, -0.2) is 0 Å². The number of anilines is 1. The minimum absolute atomic E-state index is 0.242. The number of thiocarbonyl (C=S) groups is 1. The molecule has 0 aliphatic carbocycles. The highest BCUT2D eigenvalue weighted by Crippen LogP contribution is 2.24. The second-order valence-corrected chi connectivity index (χ2v) is 5.88. The van der Waals surface area contributed by atoms with Crippen LogP contribution in [0.25, 0.3) is 0 Å². The van der Waals surface area contributed by atoms with Gasteiger partial charge in [-0.3, -0.25) is 4.79 Å². The number of carbonyl (C=O) groups excluding carboxylic acids is 1. The maximum Gasteiger partial charge on any atom is 0.265 e. The molecule has 0 heterocycles. The van der Waals surface area contributed by atoms with Crippen LogP contribution in [0.4, 0.5) is 5.69 Å². The van der Waals surface area contributed by atoms with E-state index >= 15 is 0 Å². The van der Waals surface area contributed by atoms with E-state index in [9.17, 15) is 4.79 Å². The topological polar surface area (TPSA) is 50.8 Å². The van der Waals surface area contributed by atoms with E-state index in [1.165, 1.54) is 0 Å². The van der Waals surface area contributed by atoms with Gasteiger partial charge >= 0.3 is 0 Å². The van der Waals surface area contributed by atoms with Gasteiger partial charge in [0.2, 0.25) is 0 Å². The Hall–Kier alpha value is -3.12. The molecule has 0 fully saturated rings. The summed E-state index contributed by atoms with van der Waals surface area (Å²) in [6, 6.07) is 14.0. The van der Waals surface area contributed by atoms with Gasteiger partial charge in [0.25, 0.3) is 11.1 Å². The van der Waals surface area contributed by atoms with Gasteiger partial charge in [0.05, 0.1) is 12.8 Å². The fourth-order valence-corrected chi connectivity index (χ4v) is 2.56. The second kappa shape index (κ2) is 10.1. The van der Waals surface area contributed by atoms with Crippen LogP contribution in [0, 0.1) is 0 Å². The number of benzene rings is 2. The molecule has 0 saturated carbocycles. The molecule has 27 heavy (non-hydrogen) atoms. The molecule has 0 saturated heterocycles. The van der Waals surface area contributed by atoms with Crippen molar-refractivity contribution in [3.63, 3.8) is 0 Å². The van der Waals surface area contributed by atoms with E-state index in [1.54, 1.807) is 55.7 Å². The molecule has 1 amide bonds. The van der Waals surface area contributed by atoms with Crippen molar-refractivity contribution in [1.29, 1.82) is 0 Å². The van der Waals surface area contributed by atoms with Crippen LogP contribution in [0.2, 0.25) is 0 Å². The number of hydrogen-bond acceptors (Lipinski definition) is 4. The molecular weight excluding hydrogens is 360 g/mol. The summed E-state index contributed by atoms with van der Waals surface area (Å²) in [5, 5.41) is 3.15. The Morgan fingerprint density at radius 1 is 1.11 bits per heavy atom. The second-order valence-electron chi connectivity index (χ2n) is 5.53. The number of methoxy groups -OCH3 is 1. The highest BCUT2D eigenvalue weighted by Gasteiger charge is 2.12. The highest BCUT2D eigenvalue weighted by atomic mass is 32.1. The predicted octanol–water partition coefficient (Wildman–Crippen LogP) is 4.29. The Morgan fingerprint density at radius 2 is 1.74 bits per heavy atom. The van der Waals surface area contributed by atoms with Crippen LogP contribution in [0.1, 0.15) is 10.4 Å². The van der Waals surface area contributed by atoms with Crippen molar-refractivity contribution in [2.45, 2.75) is 0 Å². The minimum Gasteiger partial charge on any atom is -0.495 e. The molecule has 2 aromatic carbocycles. The number of carbonyl (C=O) groups is 1. The first-order chi connectivity index (χ1) is 13.1. The van der Waals surface area contributed by atoms with Gasteiger partial charge in [-0.2, -0.15) is 0 Å². The van der Waals surface area contributed by atoms with Crippen LogP contribution >= 0.6 is 12.2 Å². The lowest BCUT2D eigenvalue weighted by Crippen LogP contribution is -2.33. The maximum absolute atomic E-state index is 12.4. The first kappa shape index (κ1) is 20.2. The van der Waals surface area contributed by atoms with E-state index in [-0.39, 0.29) is 5.91 Å². The lowest BCUT2D eigenvalue weighted by atomic mass is 10.2. The number of para-hydroxylation sites is 2. The summed E-state index contributed by atoms with van der Waals surface area (Å²) in [5.41, 5.74) is 1.10. The number of nitrogens with zero attached hydrogens (tertiary/aromatic N) is 1. The fourth-order valence-electron chi connectivity index (χ4n) is 2.32. The summed E-state index contributed by atoms with van der Waals surface area (Å²) < 4.78 is 10.9. The average Bonchev–Trinajstić information content (AvgIpc) is 2.68. The average molecular weight is 382 g/mol. The Balaban J connectivity index is 2.03. The van der Waals surface area contributed by atoms with E-state index in [4.69, 9.17) is 21.7 Å². The van der Waals surface area contributed by atoms with E-state index in [0.717, 1.165) is 0 Å². The van der Waals surface area contributed by atoms with Crippen LogP contribution < -0.4 is 14.8 Å². The van der Waals surface area contributed by atoms with Crippen molar-refractivity contribution >= 4 is 29.0 Å². The van der Waals surface area contributed by atoms with Gasteiger partial charge < -0.3 is 19.7 Å². The zero-order valence-corrected chi connectivity index (χ0v) is 16.0. The molecule has 140 valence electrons. The van der Waals surface area contributed by atoms with Crippen LogP contribution in [-0.4, -0.2) is 36.2 Å². The molecule has 0 aromatic heterocycles. The molecular formula is C21H22N2O3S. The van der Waals surface area contributed by atoms with E-state index in [2.05, 4.69) is 18.5 Å². The Morgan fingerprint density at radius 3 is 2.33 bits per heavy atom. The molecule has 2 aromatic rings. The summed E-state index contributed by atoms with van der Waals surface area (Å²) in [7, 11) is 1.56. The van der Waals surface area contributed by atoms with E-state index in [0.29, 0.717) is 41.0 Å². The molecule has 0 aliphatic heterocycles. The van der Waals surface area contributed by atoms with Crippen LogP contribution in [0.5, 0.6) is 11.5 Å². The van der Waals surface area contributed by atoms with Gasteiger partial charge in [-0.15, -0.1) is 13.2 Å². The molecule has 5 nitrogen and oxygen atoms in total. The largest absolute Gasteiger partial charge is 0.495 e. The van der Waals surface area contributed by atoms with Gasteiger partial charge in [0.1, 0.15) is 11.5 Å².